The van der Waals surface area contributed by atoms with E-state index in [4.69, 9.17) is 16.7 Å². The molecule has 1 rings (SSSR count). The first kappa shape index (κ1) is 9.44. The lowest BCUT2D eigenvalue weighted by Gasteiger charge is -2.01. The van der Waals surface area contributed by atoms with E-state index in [0.717, 1.165) is 6.20 Å². The Morgan fingerprint density at radius 2 is 2.17 bits per heavy atom. The van der Waals surface area contributed by atoms with Crippen molar-refractivity contribution in [2.75, 3.05) is 0 Å². The molecule has 0 radical (unpaired) electrons. The molecule has 0 unspecified atom stereocenters. The van der Waals surface area contributed by atoms with Crippen molar-refractivity contribution in [3.63, 3.8) is 0 Å². The first-order valence-electron chi connectivity index (χ1n) is 3.06. The van der Waals surface area contributed by atoms with Crippen LogP contribution >= 0.6 is 11.6 Å². The van der Waals surface area contributed by atoms with Gasteiger partial charge in [0.2, 0.25) is 10.0 Å². The molecule has 0 fully saturated rings. The zero-order chi connectivity index (χ0) is 9.35. The monoisotopic (exact) mass is 206 g/mol. The highest BCUT2D eigenvalue weighted by molar-refractivity contribution is 7.89. The third-order valence-corrected chi connectivity index (χ3v) is 2.58. The minimum Gasteiger partial charge on any atom is -0.243 e. The molecule has 0 aliphatic carbocycles. The van der Waals surface area contributed by atoms with Gasteiger partial charge in [-0.15, -0.1) is 0 Å². The predicted molar refractivity (Wildman–Crippen MR) is 45.4 cm³/mol. The number of aromatic nitrogens is 1. The van der Waals surface area contributed by atoms with E-state index >= 15 is 0 Å². The lowest BCUT2D eigenvalue weighted by Crippen LogP contribution is -2.13. The van der Waals surface area contributed by atoms with E-state index in [9.17, 15) is 8.42 Å². The van der Waals surface area contributed by atoms with Gasteiger partial charge in [-0.05, 0) is 18.6 Å². The van der Waals surface area contributed by atoms with Crippen molar-refractivity contribution in [1.29, 1.82) is 0 Å². The summed E-state index contributed by atoms with van der Waals surface area (Å²) in [6.45, 7) is 1.60. The van der Waals surface area contributed by atoms with Crippen molar-refractivity contribution >= 4 is 21.6 Å². The molecule has 0 atom stereocenters. The van der Waals surface area contributed by atoms with Gasteiger partial charge in [-0.25, -0.2) is 18.5 Å². The third-order valence-electron chi connectivity index (χ3n) is 1.34. The van der Waals surface area contributed by atoms with Gasteiger partial charge in [0, 0.05) is 6.20 Å². The maximum absolute atomic E-state index is 10.9. The second-order valence-electron chi connectivity index (χ2n) is 2.32. The molecule has 4 nitrogen and oxygen atoms in total. The zero-order valence-corrected chi connectivity index (χ0v) is 7.85. The van der Waals surface area contributed by atoms with Crippen LogP contribution in [0.1, 0.15) is 5.56 Å². The van der Waals surface area contributed by atoms with E-state index in [2.05, 4.69) is 4.98 Å². The molecule has 6 heteroatoms. The Hall–Kier alpha value is -0.650. The smallest absolute Gasteiger partial charge is 0.239 e. The van der Waals surface area contributed by atoms with Crippen LogP contribution in [0.2, 0.25) is 5.15 Å². The van der Waals surface area contributed by atoms with Crippen molar-refractivity contribution in [3.8, 4) is 0 Å². The minimum atomic E-state index is -3.67. The van der Waals surface area contributed by atoms with Gasteiger partial charge >= 0.3 is 0 Å². The fraction of sp³-hybridized carbons (Fsp3) is 0.167. The number of hydrogen-bond acceptors (Lipinski definition) is 3. The van der Waals surface area contributed by atoms with Gasteiger partial charge in [-0.2, -0.15) is 0 Å². The molecule has 0 aliphatic heterocycles. The SMILES string of the molecule is Cc1cc(Cl)ncc1S(N)(=O)=O. The standard InChI is InChI=1S/C6H7ClN2O2S/c1-4-2-6(7)9-3-5(4)12(8,10)11/h2-3H,1H3,(H2,8,10,11). The molecule has 0 bridgehead atoms. The van der Waals surface area contributed by atoms with Crippen LogP contribution in [0.4, 0.5) is 0 Å². The highest BCUT2D eigenvalue weighted by Crippen LogP contribution is 2.14. The normalized spacial score (nSPS) is 11.6. The van der Waals surface area contributed by atoms with Gasteiger partial charge in [0.15, 0.2) is 0 Å². The molecule has 2 N–H and O–H groups in total. The number of hydrogen-bond donors (Lipinski definition) is 1. The molecule has 1 heterocycles. The van der Waals surface area contributed by atoms with Crippen LogP contribution in [0.15, 0.2) is 17.2 Å². The van der Waals surface area contributed by atoms with Gasteiger partial charge < -0.3 is 0 Å². The Morgan fingerprint density at radius 3 is 2.58 bits per heavy atom. The summed E-state index contributed by atoms with van der Waals surface area (Å²) in [5.74, 6) is 0. The number of primary sulfonamides is 1. The number of halogens is 1. The Labute approximate surface area is 75.4 Å². The summed E-state index contributed by atoms with van der Waals surface area (Å²) < 4.78 is 21.7. The van der Waals surface area contributed by atoms with Crippen LogP contribution in [-0.2, 0) is 10.0 Å². The molecule has 12 heavy (non-hydrogen) atoms. The summed E-state index contributed by atoms with van der Waals surface area (Å²) in [7, 11) is -3.67. The van der Waals surface area contributed by atoms with E-state index in [-0.39, 0.29) is 10.0 Å². The quantitative estimate of drug-likeness (QED) is 0.688. The van der Waals surface area contributed by atoms with E-state index in [1.54, 1.807) is 6.92 Å². The summed E-state index contributed by atoms with van der Waals surface area (Å²) in [6.07, 6.45) is 1.15. The molecule has 0 spiro atoms. The molecule has 1 aromatic heterocycles. The molecule has 0 saturated heterocycles. The minimum absolute atomic E-state index is 0.00639. The van der Waals surface area contributed by atoms with Crippen molar-refractivity contribution < 1.29 is 8.42 Å². The summed E-state index contributed by atoms with van der Waals surface area (Å²) in [5, 5.41) is 5.15. The average Bonchev–Trinajstić information content (AvgIpc) is 1.83. The number of nitrogens with zero attached hydrogens (tertiary/aromatic N) is 1. The van der Waals surface area contributed by atoms with Gasteiger partial charge in [0.25, 0.3) is 0 Å². The highest BCUT2D eigenvalue weighted by atomic mass is 35.5. The van der Waals surface area contributed by atoms with Gasteiger partial charge in [0.1, 0.15) is 10.0 Å². The molecule has 0 saturated carbocycles. The van der Waals surface area contributed by atoms with Crippen LogP contribution in [0.5, 0.6) is 0 Å². The van der Waals surface area contributed by atoms with Crippen LogP contribution in [-0.4, -0.2) is 13.4 Å². The molecule has 0 aliphatic rings. The Balaban J connectivity index is 3.39. The number of sulfonamides is 1. The largest absolute Gasteiger partial charge is 0.243 e. The molecular weight excluding hydrogens is 200 g/mol. The topological polar surface area (TPSA) is 73.0 Å². The molecule has 1 aromatic rings. The summed E-state index contributed by atoms with van der Waals surface area (Å²) in [5.41, 5.74) is 0.498. The average molecular weight is 207 g/mol. The fourth-order valence-corrected chi connectivity index (χ4v) is 1.73. The molecule has 0 amide bonds. The van der Waals surface area contributed by atoms with Gasteiger partial charge in [0.05, 0.1) is 0 Å². The van der Waals surface area contributed by atoms with Crippen LogP contribution < -0.4 is 5.14 Å². The van der Waals surface area contributed by atoms with E-state index < -0.39 is 10.0 Å². The lowest BCUT2D eigenvalue weighted by atomic mass is 10.3. The van der Waals surface area contributed by atoms with Crippen molar-refractivity contribution in [2.24, 2.45) is 5.14 Å². The van der Waals surface area contributed by atoms with Crippen molar-refractivity contribution in [1.82, 2.24) is 4.98 Å². The molecule has 66 valence electrons. The predicted octanol–water partition coefficient (Wildman–Crippen LogP) is 0.691. The fourth-order valence-electron chi connectivity index (χ4n) is 0.807. The van der Waals surface area contributed by atoms with E-state index in [0.29, 0.717) is 5.56 Å². The van der Waals surface area contributed by atoms with Crippen molar-refractivity contribution in [3.05, 3.63) is 23.0 Å². The zero-order valence-electron chi connectivity index (χ0n) is 6.28. The number of pyridine rings is 1. The number of rotatable bonds is 1. The first-order chi connectivity index (χ1) is 5.41. The van der Waals surface area contributed by atoms with Gasteiger partial charge in [-0.1, -0.05) is 11.6 Å². The molecular formula is C6H7ClN2O2S. The second kappa shape index (κ2) is 3.01. The Kier molecular flexibility index (Phi) is 2.36. The maximum atomic E-state index is 10.9. The van der Waals surface area contributed by atoms with Crippen LogP contribution in [0.3, 0.4) is 0 Å². The molecule has 0 aromatic carbocycles. The summed E-state index contributed by atoms with van der Waals surface area (Å²) >= 11 is 5.52. The number of aryl methyl sites for hydroxylation is 1. The van der Waals surface area contributed by atoms with E-state index in [1.807, 2.05) is 0 Å². The lowest BCUT2D eigenvalue weighted by molar-refractivity contribution is 0.597. The van der Waals surface area contributed by atoms with E-state index in [1.165, 1.54) is 6.07 Å². The maximum Gasteiger partial charge on any atom is 0.239 e. The Morgan fingerprint density at radius 1 is 1.58 bits per heavy atom. The third kappa shape index (κ3) is 1.94. The van der Waals surface area contributed by atoms with Crippen molar-refractivity contribution in [2.45, 2.75) is 11.8 Å². The second-order valence-corrected chi connectivity index (χ2v) is 4.23. The highest BCUT2D eigenvalue weighted by Gasteiger charge is 2.11. The van der Waals surface area contributed by atoms with Gasteiger partial charge in [-0.3, -0.25) is 0 Å². The summed E-state index contributed by atoms with van der Waals surface area (Å²) in [6, 6.07) is 1.45. The summed E-state index contributed by atoms with van der Waals surface area (Å²) in [4.78, 5) is 3.62. The number of nitrogens with two attached hydrogens (primary N) is 1. The first-order valence-corrected chi connectivity index (χ1v) is 4.98. The van der Waals surface area contributed by atoms with Crippen LogP contribution in [0.25, 0.3) is 0 Å². The Bertz CT molecular complexity index is 402. The van der Waals surface area contributed by atoms with Crippen LogP contribution in [0, 0.1) is 6.92 Å².